The van der Waals surface area contributed by atoms with E-state index in [4.69, 9.17) is 14.0 Å². The van der Waals surface area contributed by atoms with Gasteiger partial charge in [0.05, 0.1) is 32.5 Å². The minimum atomic E-state index is -0.556. The van der Waals surface area contributed by atoms with Crippen LogP contribution < -0.4 is 5.32 Å². The van der Waals surface area contributed by atoms with E-state index in [0.717, 1.165) is 0 Å². The van der Waals surface area contributed by atoms with Gasteiger partial charge in [0.25, 0.3) is 0 Å². The lowest BCUT2D eigenvalue weighted by atomic mass is 10.4. The second kappa shape index (κ2) is 8.13. The van der Waals surface area contributed by atoms with Crippen molar-refractivity contribution in [2.24, 2.45) is 0 Å². The summed E-state index contributed by atoms with van der Waals surface area (Å²) in [4.78, 5) is 4.02. The van der Waals surface area contributed by atoms with Crippen molar-refractivity contribution in [3.05, 3.63) is 11.7 Å². The van der Waals surface area contributed by atoms with Gasteiger partial charge in [-0.2, -0.15) is 4.98 Å². The summed E-state index contributed by atoms with van der Waals surface area (Å²) in [6, 6.07) is 0. The first-order valence-corrected chi connectivity index (χ1v) is 5.47. The monoisotopic (exact) mass is 245 g/mol. The van der Waals surface area contributed by atoms with Gasteiger partial charge in [0.2, 0.25) is 5.89 Å². The van der Waals surface area contributed by atoms with Crippen molar-refractivity contribution in [2.45, 2.75) is 19.6 Å². The van der Waals surface area contributed by atoms with Crippen molar-refractivity contribution in [1.29, 1.82) is 0 Å². The number of nitrogens with one attached hydrogen (secondary N) is 1. The van der Waals surface area contributed by atoms with Gasteiger partial charge in [-0.1, -0.05) is 5.16 Å². The van der Waals surface area contributed by atoms with Gasteiger partial charge in [0.15, 0.2) is 5.82 Å². The van der Waals surface area contributed by atoms with Gasteiger partial charge in [0, 0.05) is 20.6 Å². The summed E-state index contributed by atoms with van der Waals surface area (Å²) >= 11 is 0. The van der Waals surface area contributed by atoms with Crippen LogP contribution >= 0.6 is 0 Å². The van der Waals surface area contributed by atoms with Crippen LogP contribution in [0.15, 0.2) is 4.52 Å². The Balaban J connectivity index is 2.02. The Hall–Kier alpha value is -1.02. The fourth-order valence-electron chi connectivity index (χ4n) is 1.18. The summed E-state index contributed by atoms with van der Waals surface area (Å²) in [6.45, 7) is 3.91. The van der Waals surface area contributed by atoms with Crippen molar-refractivity contribution in [3.63, 3.8) is 0 Å². The highest BCUT2D eigenvalue weighted by atomic mass is 16.5. The number of aryl methyl sites for hydroxylation is 1. The Morgan fingerprint density at radius 2 is 2.29 bits per heavy atom. The first-order chi connectivity index (χ1) is 8.22. The molecule has 0 radical (unpaired) electrons. The fourth-order valence-corrected chi connectivity index (χ4v) is 1.18. The molecule has 0 aromatic carbocycles. The Kier molecular flexibility index (Phi) is 6.71. The van der Waals surface area contributed by atoms with Gasteiger partial charge in [-0.25, -0.2) is 0 Å². The van der Waals surface area contributed by atoms with Crippen LogP contribution in [0.25, 0.3) is 0 Å². The largest absolute Gasteiger partial charge is 0.389 e. The molecule has 0 fully saturated rings. The topological polar surface area (TPSA) is 89.6 Å². The van der Waals surface area contributed by atoms with Crippen LogP contribution in [0.5, 0.6) is 0 Å². The molecule has 0 saturated heterocycles. The molecule has 0 aliphatic rings. The smallest absolute Gasteiger partial charge is 0.223 e. The van der Waals surface area contributed by atoms with E-state index in [2.05, 4.69) is 15.5 Å². The molecular weight excluding hydrogens is 226 g/mol. The number of aromatic nitrogens is 2. The molecule has 0 aliphatic carbocycles. The quantitative estimate of drug-likeness (QED) is 0.566. The van der Waals surface area contributed by atoms with Crippen molar-refractivity contribution in [1.82, 2.24) is 15.5 Å². The highest BCUT2D eigenvalue weighted by Gasteiger charge is 2.05. The molecule has 2 N–H and O–H groups in total. The van der Waals surface area contributed by atoms with Crippen LogP contribution in [0.3, 0.4) is 0 Å². The van der Waals surface area contributed by atoms with Crippen molar-refractivity contribution >= 4 is 0 Å². The second-order valence-electron chi connectivity index (χ2n) is 3.58. The van der Waals surface area contributed by atoms with E-state index < -0.39 is 6.10 Å². The van der Waals surface area contributed by atoms with Crippen molar-refractivity contribution in [3.8, 4) is 0 Å². The second-order valence-corrected chi connectivity index (χ2v) is 3.58. The fraction of sp³-hybridized carbons (Fsp3) is 0.800. The zero-order valence-electron chi connectivity index (χ0n) is 10.2. The number of ether oxygens (including phenoxy) is 2. The maximum absolute atomic E-state index is 9.54. The molecule has 98 valence electrons. The van der Waals surface area contributed by atoms with E-state index >= 15 is 0 Å². The lowest BCUT2D eigenvalue weighted by molar-refractivity contribution is 0.0136. The number of nitrogens with zero attached hydrogens (tertiary/aromatic N) is 2. The molecule has 1 rings (SSSR count). The standard InChI is InChI=1S/C10H19N3O4/c1-8-12-10(13-17-8)6-11-5-9(14)7-16-4-3-15-2/h9,11,14H,3-7H2,1-2H3. The maximum Gasteiger partial charge on any atom is 0.223 e. The Labute approximate surface area is 100 Å². The third-order valence-electron chi connectivity index (χ3n) is 1.97. The van der Waals surface area contributed by atoms with E-state index in [-0.39, 0.29) is 6.61 Å². The molecular formula is C10H19N3O4. The molecule has 0 bridgehead atoms. The Bertz CT molecular complexity index is 305. The van der Waals surface area contributed by atoms with Crippen LogP contribution in [-0.4, -0.2) is 54.8 Å². The van der Waals surface area contributed by atoms with E-state index in [1.807, 2.05) is 0 Å². The average molecular weight is 245 g/mol. The van der Waals surface area contributed by atoms with Gasteiger partial charge in [-0.05, 0) is 0 Å². The zero-order chi connectivity index (χ0) is 12.5. The summed E-state index contributed by atoms with van der Waals surface area (Å²) in [5.74, 6) is 1.11. The molecule has 1 heterocycles. The van der Waals surface area contributed by atoms with E-state index in [1.165, 1.54) is 0 Å². The van der Waals surface area contributed by atoms with Crippen LogP contribution in [0.4, 0.5) is 0 Å². The van der Waals surface area contributed by atoms with Crippen LogP contribution in [0.1, 0.15) is 11.7 Å². The lowest BCUT2D eigenvalue weighted by Crippen LogP contribution is -2.30. The van der Waals surface area contributed by atoms with Gasteiger partial charge < -0.3 is 24.4 Å². The Morgan fingerprint density at radius 1 is 1.47 bits per heavy atom. The third-order valence-corrected chi connectivity index (χ3v) is 1.97. The number of methoxy groups -OCH3 is 1. The van der Waals surface area contributed by atoms with Gasteiger partial charge in [-0.15, -0.1) is 0 Å². The van der Waals surface area contributed by atoms with Gasteiger partial charge >= 0.3 is 0 Å². The predicted octanol–water partition coefficient (Wildman–Crippen LogP) is -0.508. The molecule has 1 aromatic rings. The highest BCUT2D eigenvalue weighted by Crippen LogP contribution is 1.94. The molecule has 1 unspecified atom stereocenters. The molecule has 1 aromatic heterocycles. The van der Waals surface area contributed by atoms with Crippen LogP contribution in [-0.2, 0) is 16.0 Å². The molecule has 0 aliphatic heterocycles. The number of hydrogen-bond donors (Lipinski definition) is 2. The maximum atomic E-state index is 9.54. The van der Waals surface area contributed by atoms with E-state index in [1.54, 1.807) is 14.0 Å². The zero-order valence-corrected chi connectivity index (χ0v) is 10.2. The molecule has 1 atom stereocenters. The SMILES string of the molecule is COCCOCC(O)CNCc1noc(C)n1. The molecule has 7 heteroatoms. The normalized spacial score (nSPS) is 12.9. The highest BCUT2D eigenvalue weighted by molar-refractivity contribution is 4.82. The van der Waals surface area contributed by atoms with Crippen molar-refractivity contribution < 1.29 is 19.1 Å². The minimum Gasteiger partial charge on any atom is -0.389 e. The molecule has 7 nitrogen and oxygen atoms in total. The average Bonchev–Trinajstić information content (AvgIpc) is 2.71. The number of aliphatic hydroxyl groups is 1. The van der Waals surface area contributed by atoms with Crippen molar-refractivity contribution in [2.75, 3.05) is 33.5 Å². The molecule has 17 heavy (non-hydrogen) atoms. The van der Waals surface area contributed by atoms with E-state index in [0.29, 0.717) is 38.0 Å². The predicted molar refractivity (Wildman–Crippen MR) is 59.4 cm³/mol. The molecule has 0 saturated carbocycles. The number of hydrogen-bond acceptors (Lipinski definition) is 7. The minimum absolute atomic E-state index is 0.279. The number of rotatable bonds is 9. The van der Waals surface area contributed by atoms with E-state index in [9.17, 15) is 5.11 Å². The Morgan fingerprint density at radius 3 is 2.94 bits per heavy atom. The third kappa shape index (κ3) is 6.32. The van der Waals surface area contributed by atoms with Gasteiger partial charge in [0.1, 0.15) is 0 Å². The van der Waals surface area contributed by atoms with Crippen LogP contribution in [0.2, 0.25) is 0 Å². The summed E-state index contributed by atoms with van der Waals surface area (Å²) < 4.78 is 14.8. The van der Waals surface area contributed by atoms with Crippen LogP contribution in [0, 0.1) is 6.92 Å². The first kappa shape index (κ1) is 14.0. The molecule has 0 spiro atoms. The summed E-state index contributed by atoms with van der Waals surface area (Å²) in [6.07, 6.45) is -0.556. The molecule has 0 amide bonds. The summed E-state index contributed by atoms with van der Waals surface area (Å²) in [5.41, 5.74) is 0. The summed E-state index contributed by atoms with van der Waals surface area (Å²) in [5, 5.41) is 16.3. The lowest BCUT2D eigenvalue weighted by Gasteiger charge is -2.11. The first-order valence-electron chi connectivity index (χ1n) is 5.47. The summed E-state index contributed by atoms with van der Waals surface area (Å²) in [7, 11) is 1.61. The van der Waals surface area contributed by atoms with Gasteiger partial charge in [-0.3, -0.25) is 0 Å². The number of aliphatic hydroxyl groups excluding tert-OH is 1.